The Labute approximate surface area is 111 Å². The fourth-order valence-electron chi connectivity index (χ4n) is 1.35. The predicted octanol–water partition coefficient (Wildman–Crippen LogP) is 2.09. The lowest BCUT2D eigenvalue weighted by Gasteiger charge is -2.17. The molecule has 10 heteroatoms. The highest BCUT2D eigenvalue weighted by atomic mass is 32.1. The summed E-state index contributed by atoms with van der Waals surface area (Å²) in [6, 6.07) is -0.247. The van der Waals surface area contributed by atoms with E-state index in [1.807, 2.05) is 0 Å². The van der Waals surface area contributed by atoms with Gasteiger partial charge in [-0.25, -0.2) is 4.79 Å². The van der Waals surface area contributed by atoms with E-state index >= 15 is 0 Å². The van der Waals surface area contributed by atoms with Gasteiger partial charge in [0.15, 0.2) is 5.00 Å². The molecule has 19 heavy (non-hydrogen) atoms. The average Bonchev–Trinajstić information content (AvgIpc) is 2.68. The van der Waals surface area contributed by atoms with E-state index in [4.69, 9.17) is 5.11 Å². The zero-order valence-electron chi connectivity index (χ0n) is 10.0. The predicted molar refractivity (Wildman–Crippen MR) is 67.5 cm³/mol. The van der Waals surface area contributed by atoms with Crippen molar-refractivity contribution in [1.82, 2.24) is 0 Å². The lowest BCUT2D eigenvalue weighted by molar-refractivity contribution is -0.389. The second kappa shape index (κ2) is 5.61. The van der Waals surface area contributed by atoms with Gasteiger partial charge < -0.3 is 10.4 Å². The Kier molecular flexibility index (Phi) is 4.38. The second-order valence-electron chi connectivity index (χ2n) is 4.02. The van der Waals surface area contributed by atoms with E-state index in [9.17, 15) is 25.0 Å². The molecule has 1 rings (SSSR count). The van der Waals surface area contributed by atoms with Crippen LogP contribution >= 0.6 is 11.3 Å². The third kappa shape index (κ3) is 3.37. The topological polar surface area (TPSA) is 136 Å². The summed E-state index contributed by atoms with van der Waals surface area (Å²) >= 11 is 0.544. The van der Waals surface area contributed by atoms with Crippen LogP contribution in [0, 0.1) is 26.1 Å². The Morgan fingerprint density at radius 3 is 2.32 bits per heavy atom. The third-order valence-corrected chi connectivity index (χ3v) is 3.30. The zero-order valence-corrected chi connectivity index (χ0v) is 10.8. The molecule has 2 N–H and O–H groups in total. The van der Waals surface area contributed by atoms with E-state index < -0.39 is 32.5 Å². The molecule has 0 aliphatic heterocycles. The van der Waals surface area contributed by atoms with Gasteiger partial charge in [0, 0.05) is 0 Å². The molecule has 0 aliphatic rings. The fraction of sp³-hybridized carbons (Fsp3) is 0.444. The lowest BCUT2D eigenvalue weighted by Crippen LogP contribution is -2.34. The van der Waals surface area contributed by atoms with Crippen molar-refractivity contribution in [2.24, 2.45) is 5.92 Å². The summed E-state index contributed by atoms with van der Waals surface area (Å²) in [5.74, 6) is -1.52. The van der Waals surface area contributed by atoms with E-state index in [0.29, 0.717) is 11.3 Å². The minimum Gasteiger partial charge on any atom is -0.480 e. The van der Waals surface area contributed by atoms with Gasteiger partial charge in [-0.15, -0.1) is 0 Å². The molecule has 104 valence electrons. The summed E-state index contributed by atoms with van der Waals surface area (Å²) in [5, 5.41) is 32.3. The number of rotatable bonds is 6. The largest absolute Gasteiger partial charge is 0.480 e. The van der Waals surface area contributed by atoms with Gasteiger partial charge in [-0.1, -0.05) is 13.8 Å². The van der Waals surface area contributed by atoms with Crippen LogP contribution in [-0.2, 0) is 4.79 Å². The van der Waals surface area contributed by atoms with Crippen LogP contribution in [0.5, 0.6) is 0 Å². The number of nitro groups is 2. The number of carbonyl (C=O) groups is 1. The van der Waals surface area contributed by atoms with Crippen LogP contribution in [0.1, 0.15) is 13.8 Å². The summed E-state index contributed by atoms with van der Waals surface area (Å²) in [4.78, 5) is 30.8. The van der Waals surface area contributed by atoms with Gasteiger partial charge in [0.2, 0.25) is 0 Å². The number of carboxylic acid groups (broad SMARTS) is 1. The highest BCUT2D eigenvalue weighted by molar-refractivity contribution is 7.19. The molecular formula is C9H11N3O6S. The van der Waals surface area contributed by atoms with Crippen molar-refractivity contribution in [3.05, 3.63) is 26.3 Å². The number of carboxylic acids is 1. The van der Waals surface area contributed by atoms with Gasteiger partial charge >= 0.3 is 16.7 Å². The third-order valence-electron chi connectivity index (χ3n) is 2.30. The molecule has 1 atom stereocenters. The van der Waals surface area contributed by atoms with Crippen LogP contribution in [0.25, 0.3) is 0 Å². The molecule has 9 nitrogen and oxygen atoms in total. The van der Waals surface area contributed by atoms with E-state index in [0.717, 1.165) is 6.07 Å². The van der Waals surface area contributed by atoms with Gasteiger partial charge in [-0.2, -0.15) is 0 Å². The number of thiophene rings is 1. The molecule has 0 amide bonds. The van der Waals surface area contributed by atoms with E-state index in [1.54, 1.807) is 13.8 Å². The van der Waals surface area contributed by atoms with Gasteiger partial charge in [0.25, 0.3) is 0 Å². The molecule has 0 fully saturated rings. The van der Waals surface area contributed by atoms with Gasteiger partial charge in [-0.3, -0.25) is 20.2 Å². The van der Waals surface area contributed by atoms with Crippen molar-refractivity contribution in [1.29, 1.82) is 0 Å². The van der Waals surface area contributed by atoms with Crippen LogP contribution in [0.15, 0.2) is 6.07 Å². The zero-order chi connectivity index (χ0) is 14.7. The quantitative estimate of drug-likeness (QED) is 0.604. The number of hydrogen-bond donors (Lipinski definition) is 2. The SMILES string of the molecule is CC(C)C(Nc1sc([N+](=O)[O-])cc1[N+](=O)[O-])C(=O)O. The molecule has 0 aromatic carbocycles. The van der Waals surface area contributed by atoms with Crippen molar-refractivity contribution in [2.45, 2.75) is 19.9 Å². The number of nitrogens with one attached hydrogen (secondary N) is 1. The first-order valence-electron chi connectivity index (χ1n) is 5.16. The molecular weight excluding hydrogens is 278 g/mol. The molecule has 1 aromatic heterocycles. The molecule has 1 aromatic rings. The maximum absolute atomic E-state index is 11.0. The van der Waals surface area contributed by atoms with Crippen molar-refractivity contribution >= 4 is 33.0 Å². The maximum atomic E-state index is 11.0. The van der Waals surface area contributed by atoms with Crippen LogP contribution in [0.2, 0.25) is 0 Å². The molecule has 0 aliphatic carbocycles. The Bertz CT molecular complexity index is 526. The van der Waals surface area contributed by atoms with Gasteiger partial charge in [0.05, 0.1) is 9.85 Å². The molecule has 0 spiro atoms. The normalized spacial score (nSPS) is 12.2. The summed E-state index contributed by atoms with van der Waals surface area (Å²) in [5.41, 5.74) is -0.497. The first-order valence-corrected chi connectivity index (χ1v) is 5.97. The summed E-state index contributed by atoms with van der Waals surface area (Å²) in [7, 11) is 0. The van der Waals surface area contributed by atoms with Crippen molar-refractivity contribution in [3.63, 3.8) is 0 Å². The minimum absolute atomic E-state index is 0.127. The van der Waals surface area contributed by atoms with Gasteiger partial charge in [0.1, 0.15) is 12.1 Å². The highest BCUT2D eigenvalue weighted by Crippen LogP contribution is 2.39. The standard InChI is InChI=1S/C9H11N3O6S/c1-4(2)7(9(13)14)10-8-5(11(15)16)3-6(19-8)12(17)18/h3-4,7,10H,1-2H3,(H,13,14). The maximum Gasteiger partial charge on any atom is 0.333 e. The minimum atomic E-state index is -1.18. The first-order chi connectivity index (χ1) is 8.73. The molecule has 1 unspecified atom stereocenters. The van der Waals surface area contributed by atoms with Crippen molar-refractivity contribution < 1.29 is 19.7 Å². The van der Waals surface area contributed by atoms with Gasteiger partial charge in [-0.05, 0) is 17.3 Å². The Balaban J connectivity index is 3.14. The van der Waals surface area contributed by atoms with Crippen LogP contribution < -0.4 is 5.32 Å². The first kappa shape index (κ1) is 14.8. The fourth-order valence-corrected chi connectivity index (χ4v) is 2.23. The monoisotopic (exact) mass is 289 g/mol. The number of hydrogen-bond acceptors (Lipinski definition) is 7. The lowest BCUT2D eigenvalue weighted by atomic mass is 10.1. The van der Waals surface area contributed by atoms with E-state index in [-0.39, 0.29) is 10.9 Å². The van der Waals surface area contributed by atoms with E-state index in [1.165, 1.54) is 0 Å². The summed E-state index contributed by atoms with van der Waals surface area (Å²) < 4.78 is 0. The molecule has 0 bridgehead atoms. The number of nitrogens with zero attached hydrogens (tertiary/aromatic N) is 2. The number of anilines is 1. The van der Waals surface area contributed by atoms with Crippen molar-refractivity contribution in [2.75, 3.05) is 5.32 Å². The van der Waals surface area contributed by atoms with E-state index in [2.05, 4.69) is 5.32 Å². The van der Waals surface area contributed by atoms with Crippen LogP contribution in [0.4, 0.5) is 15.7 Å². The molecule has 0 saturated carbocycles. The molecule has 1 heterocycles. The second-order valence-corrected chi connectivity index (χ2v) is 5.05. The summed E-state index contributed by atoms with van der Waals surface area (Å²) in [6.07, 6.45) is 0. The van der Waals surface area contributed by atoms with Crippen molar-refractivity contribution in [3.8, 4) is 0 Å². The summed E-state index contributed by atoms with van der Waals surface area (Å²) in [6.45, 7) is 3.25. The Morgan fingerprint density at radius 2 is 1.95 bits per heavy atom. The highest BCUT2D eigenvalue weighted by Gasteiger charge is 2.29. The smallest absolute Gasteiger partial charge is 0.333 e. The molecule has 0 radical (unpaired) electrons. The van der Waals surface area contributed by atoms with Crippen LogP contribution in [0.3, 0.4) is 0 Å². The van der Waals surface area contributed by atoms with Crippen LogP contribution in [-0.4, -0.2) is 27.0 Å². The Hall–Kier alpha value is -2.23. The Morgan fingerprint density at radius 1 is 1.37 bits per heavy atom. The average molecular weight is 289 g/mol. The number of aliphatic carboxylic acids is 1. The molecule has 0 saturated heterocycles.